The molecule has 0 spiro atoms. The van der Waals surface area contributed by atoms with Gasteiger partial charge in [-0.1, -0.05) is 18.2 Å². The summed E-state index contributed by atoms with van der Waals surface area (Å²) in [5, 5.41) is 15.4. The molecule has 1 aromatic carbocycles. The third kappa shape index (κ3) is 8.19. The highest BCUT2D eigenvalue weighted by molar-refractivity contribution is 5.68. The molecule has 1 aliphatic heterocycles. The lowest BCUT2D eigenvalue weighted by Crippen LogP contribution is -2.56. The fraction of sp³-hybridized carbons (Fsp3) is 0.680. The molecule has 1 aromatic rings. The smallest absolute Gasteiger partial charge is 0.407 e. The van der Waals surface area contributed by atoms with Crippen LogP contribution in [-0.2, 0) is 14.3 Å². The minimum absolute atomic E-state index is 0.0109. The summed E-state index contributed by atoms with van der Waals surface area (Å²) in [5.41, 5.74) is 0.557. The predicted octanol–water partition coefficient (Wildman–Crippen LogP) is 3.84. The summed E-state index contributed by atoms with van der Waals surface area (Å²) in [7, 11) is 0. The van der Waals surface area contributed by atoms with Crippen molar-refractivity contribution in [2.45, 2.75) is 89.0 Å². The Kier molecular flexibility index (Phi) is 8.97. The van der Waals surface area contributed by atoms with Crippen LogP contribution in [0, 0.1) is 0 Å². The molecular formula is C25H38N2O6. The molecule has 2 fully saturated rings. The molecule has 0 bridgehead atoms. The number of amides is 1. The van der Waals surface area contributed by atoms with E-state index in [2.05, 4.69) is 10.6 Å². The maximum absolute atomic E-state index is 12.2. The Morgan fingerprint density at radius 2 is 1.85 bits per heavy atom. The molecule has 1 heterocycles. The normalized spacial score (nSPS) is 25.8. The van der Waals surface area contributed by atoms with E-state index in [1.165, 1.54) is 0 Å². The van der Waals surface area contributed by atoms with E-state index in [0.29, 0.717) is 18.3 Å². The number of alkyl carbamates (subject to hydrolysis) is 1. The maximum atomic E-state index is 12.2. The van der Waals surface area contributed by atoms with Crippen molar-refractivity contribution in [2.75, 3.05) is 19.8 Å². The minimum atomic E-state index is -0.974. The van der Waals surface area contributed by atoms with Crippen molar-refractivity contribution in [3.8, 4) is 5.75 Å². The first-order chi connectivity index (χ1) is 15.7. The first kappa shape index (κ1) is 25.3. The molecule has 3 N–H and O–H groups in total. The van der Waals surface area contributed by atoms with Crippen LogP contribution in [-0.4, -0.2) is 60.7 Å². The second kappa shape index (κ2) is 11.7. The van der Waals surface area contributed by atoms with Crippen LogP contribution < -0.4 is 15.4 Å². The first-order valence-corrected chi connectivity index (χ1v) is 12.0. The SMILES string of the molecule is CC(C)(C)OC(=O)NC1CCCNC1COC1CCC(c2ccccc2OCC(=O)O)CC1. The lowest BCUT2D eigenvalue weighted by atomic mass is 9.82. The average Bonchev–Trinajstić information content (AvgIpc) is 2.76. The first-order valence-electron chi connectivity index (χ1n) is 12.0. The van der Waals surface area contributed by atoms with Crippen molar-refractivity contribution < 1.29 is 28.9 Å². The van der Waals surface area contributed by atoms with E-state index in [0.717, 1.165) is 50.6 Å². The summed E-state index contributed by atoms with van der Waals surface area (Å²) in [4.78, 5) is 23.1. The number of carbonyl (C=O) groups is 2. The van der Waals surface area contributed by atoms with Gasteiger partial charge in [-0.3, -0.25) is 0 Å². The van der Waals surface area contributed by atoms with Crippen molar-refractivity contribution in [1.82, 2.24) is 10.6 Å². The Hall–Kier alpha value is -2.32. The average molecular weight is 463 g/mol. The lowest BCUT2D eigenvalue weighted by molar-refractivity contribution is -0.139. The zero-order valence-electron chi connectivity index (χ0n) is 20.0. The van der Waals surface area contributed by atoms with Gasteiger partial charge in [0.15, 0.2) is 6.61 Å². The van der Waals surface area contributed by atoms with E-state index < -0.39 is 11.6 Å². The third-order valence-corrected chi connectivity index (χ3v) is 6.18. The van der Waals surface area contributed by atoms with Gasteiger partial charge in [0.1, 0.15) is 11.4 Å². The summed E-state index contributed by atoms with van der Waals surface area (Å²) < 4.78 is 17.2. The number of rotatable bonds is 8. The molecule has 2 aliphatic rings. The van der Waals surface area contributed by atoms with Crippen LogP contribution in [0.5, 0.6) is 5.75 Å². The number of benzene rings is 1. The van der Waals surface area contributed by atoms with Gasteiger partial charge in [-0.15, -0.1) is 0 Å². The van der Waals surface area contributed by atoms with E-state index in [1.807, 2.05) is 45.0 Å². The summed E-state index contributed by atoms with van der Waals surface area (Å²) >= 11 is 0. The van der Waals surface area contributed by atoms with Gasteiger partial charge >= 0.3 is 12.1 Å². The van der Waals surface area contributed by atoms with Crippen LogP contribution in [0.1, 0.15) is 70.8 Å². The van der Waals surface area contributed by atoms with E-state index in [4.69, 9.17) is 19.3 Å². The predicted molar refractivity (Wildman–Crippen MR) is 125 cm³/mol. The largest absolute Gasteiger partial charge is 0.482 e. The Balaban J connectivity index is 1.47. The van der Waals surface area contributed by atoms with E-state index in [-0.39, 0.29) is 30.9 Å². The second-order valence-electron chi connectivity index (χ2n) is 9.98. The molecule has 1 saturated carbocycles. The van der Waals surface area contributed by atoms with E-state index in [1.54, 1.807) is 0 Å². The number of hydrogen-bond acceptors (Lipinski definition) is 6. The molecule has 1 aliphatic carbocycles. The van der Waals surface area contributed by atoms with Crippen molar-refractivity contribution >= 4 is 12.1 Å². The lowest BCUT2D eigenvalue weighted by Gasteiger charge is -2.35. The Morgan fingerprint density at radius 3 is 2.55 bits per heavy atom. The number of aliphatic carboxylic acids is 1. The van der Waals surface area contributed by atoms with Gasteiger partial charge < -0.3 is 30.0 Å². The Bertz CT molecular complexity index is 785. The molecule has 33 heavy (non-hydrogen) atoms. The number of carboxylic acid groups (broad SMARTS) is 1. The van der Waals surface area contributed by atoms with Gasteiger partial charge in [-0.05, 0) is 83.4 Å². The molecule has 0 radical (unpaired) electrons. The van der Waals surface area contributed by atoms with Crippen LogP contribution in [0.25, 0.3) is 0 Å². The standard InChI is InChI=1S/C25H38N2O6/c1-25(2,3)33-24(30)27-20-8-6-14-26-21(20)15-31-18-12-10-17(11-13-18)19-7-4-5-9-22(19)32-16-23(28)29/h4-5,7,9,17-18,20-21,26H,6,8,10-16H2,1-3H3,(H,27,30)(H,28,29). The Labute approximate surface area is 196 Å². The highest BCUT2D eigenvalue weighted by Gasteiger charge is 2.30. The van der Waals surface area contributed by atoms with Gasteiger partial charge in [-0.2, -0.15) is 0 Å². The van der Waals surface area contributed by atoms with E-state index in [9.17, 15) is 9.59 Å². The van der Waals surface area contributed by atoms with Gasteiger partial charge in [-0.25, -0.2) is 9.59 Å². The van der Waals surface area contributed by atoms with Gasteiger partial charge in [0.25, 0.3) is 0 Å². The molecule has 8 nitrogen and oxygen atoms in total. The van der Waals surface area contributed by atoms with Gasteiger partial charge in [0.05, 0.1) is 18.8 Å². The number of hydrogen-bond donors (Lipinski definition) is 3. The topological polar surface area (TPSA) is 106 Å². The number of nitrogens with one attached hydrogen (secondary N) is 2. The summed E-state index contributed by atoms with van der Waals surface area (Å²) in [6.07, 6.45) is 5.52. The molecule has 8 heteroatoms. The molecule has 3 rings (SSSR count). The third-order valence-electron chi connectivity index (χ3n) is 6.18. The molecule has 184 valence electrons. The van der Waals surface area contributed by atoms with Crippen molar-refractivity contribution in [1.29, 1.82) is 0 Å². The van der Waals surface area contributed by atoms with Gasteiger partial charge in [0.2, 0.25) is 0 Å². The number of para-hydroxylation sites is 1. The number of piperidine rings is 1. The second-order valence-corrected chi connectivity index (χ2v) is 9.98. The summed E-state index contributed by atoms with van der Waals surface area (Å²) in [6.45, 7) is 6.72. The fourth-order valence-electron chi connectivity index (χ4n) is 4.63. The van der Waals surface area contributed by atoms with Crippen LogP contribution in [0.2, 0.25) is 0 Å². The van der Waals surface area contributed by atoms with E-state index >= 15 is 0 Å². The van der Waals surface area contributed by atoms with Crippen LogP contribution in [0.15, 0.2) is 24.3 Å². The number of carbonyl (C=O) groups excluding carboxylic acids is 1. The van der Waals surface area contributed by atoms with Crippen LogP contribution in [0.4, 0.5) is 4.79 Å². The monoisotopic (exact) mass is 462 g/mol. The molecule has 1 saturated heterocycles. The summed E-state index contributed by atoms with van der Waals surface area (Å²) in [6, 6.07) is 7.76. The maximum Gasteiger partial charge on any atom is 0.407 e. The summed E-state index contributed by atoms with van der Waals surface area (Å²) in [5.74, 6) is 0.0219. The number of carboxylic acids is 1. The van der Waals surface area contributed by atoms with Gasteiger partial charge in [0, 0.05) is 6.04 Å². The van der Waals surface area contributed by atoms with Crippen molar-refractivity contribution in [2.24, 2.45) is 0 Å². The number of ether oxygens (including phenoxy) is 3. The highest BCUT2D eigenvalue weighted by atomic mass is 16.6. The molecule has 0 aromatic heterocycles. The highest BCUT2D eigenvalue weighted by Crippen LogP contribution is 2.38. The van der Waals surface area contributed by atoms with Crippen LogP contribution in [0.3, 0.4) is 0 Å². The van der Waals surface area contributed by atoms with Crippen LogP contribution >= 0.6 is 0 Å². The minimum Gasteiger partial charge on any atom is -0.482 e. The zero-order chi connectivity index (χ0) is 23.8. The van der Waals surface area contributed by atoms with Crippen molar-refractivity contribution in [3.63, 3.8) is 0 Å². The zero-order valence-corrected chi connectivity index (χ0v) is 20.0. The Morgan fingerprint density at radius 1 is 1.12 bits per heavy atom. The van der Waals surface area contributed by atoms with Crippen molar-refractivity contribution in [3.05, 3.63) is 29.8 Å². The quantitative estimate of drug-likeness (QED) is 0.539. The molecule has 2 atom stereocenters. The molecule has 2 unspecified atom stereocenters. The molecule has 1 amide bonds. The molecular weight excluding hydrogens is 424 g/mol. The fourth-order valence-corrected chi connectivity index (χ4v) is 4.63.